The Bertz CT molecular complexity index is 473. The number of carbonyl (C=O) groups is 1. The van der Waals surface area contributed by atoms with Gasteiger partial charge in [0.1, 0.15) is 0 Å². The van der Waals surface area contributed by atoms with Crippen molar-refractivity contribution in [2.24, 2.45) is 0 Å². The van der Waals surface area contributed by atoms with Crippen LogP contribution in [0.5, 0.6) is 0 Å². The molecule has 0 aromatic heterocycles. The van der Waals surface area contributed by atoms with E-state index in [0.29, 0.717) is 0 Å². The third kappa shape index (κ3) is 3.51. The molecule has 1 aliphatic rings. The summed E-state index contributed by atoms with van der Waals surface area (Å²) in [5, 5.41) is 3.30. The number of hydrogen-bond donors (Lipinski definition) is 1. The van der Waals surface area contributed by atoms with Crippen LogP contribution in [0.15, 0.2) is 18.2 Å². The Morgan fingerprint density at radius 2 is 2.05 bits per heavy atom. The molecule has 110 valence electrons. The lowest BCUT2D eigenvalue weighted by Gasteiger charge is -2.22. The summed E-state index contributed by atoms with van der Waals surface area (Å²) in [5.41, 5.74) is 2.92. The fourth-order valence-electron chi connectivity index (χ4n) is 2.60. The molecule has 0 aliphatic carbocycles. The van der Waals surface area contributed by atoms with Crippen molar-refractivity contribution in [1.82, 2.24) is 9.80 Å². The first-order chi connectivity index (χ1) is 9.61. The molecular weight excluding hydrogens is 250 g/mol. The average molecular weight is 275 g/mol. The third-order valence-corrected chi connectivity index (χ3v) is 3.78. The number of likely N-dealkylation sites (N-methyl/N-ethyl adjacent to an activating group) is 1. The second-order valence-electron chi connectivity index (χ2n) is 5.53. The van der Waals surface area contributed by atoms with E-state index in [1.54, 1.807) is 0 Å². The summed E-state index contributed by atoms with van der Waals surface area (Å²) in [6, 6.07) is 6.02. The quantitative estimate of drug-likeness (QED) is 0.918. The summed E-state index contributed by atoms with van der Waals surface area (Å²) >= 11 is 0. The second kappa shape index (κ2) is 6.75. The van der Waals surface area contributed by atoms with Gasteiger partial charge in [-0.3, -0.25) is 4.79 Å². The van der Waals surface area contributed by atoms with Crippen LogP contribution in [0.4, 0.5) is 5.69 Å². The molecular formula is C16H25N3O. The van der Waals surface area contributed by atoms with Crippen LogP contribution in [0.2, 0.25) is 0 Å². The van der Waals surface area contributed by atoms with Gasteiger partial charge in [-0.2, -0.15) is 0 Å². The first-order valence-electron chi connectivity index (χ1n) is 7.44. The van der Waals surface area contributed by atoms with Crippen molar-refractivity contribution in [3.05, 3.63) is 29.3 Å². The molecule has 1 saturated heterocycles. The largest absolute Gasteiger partial charge is 0.385 e. The van der Waals surface area contributed by atoms with Crippen molar-refractivity contribution in [3.8, 4) is 0 Å². The maximum atomic E-state index is 12.7. The van der Waals surface area contributed by atoms with E-state index in [1.165, 1.54) is 5.56 Å². The maximum Gasteiger partial charge on any atom is 0.255 e. The Hall–Kier alpha value is -1.55. The monoisotopic (exact) mass is 275 g/mol. The number of anilines is 1. The molecule has 1 aromatic rings. The van der Waals surface area contributed by atoms with Gasteiger partial charge < -0.3 is 15.1 Å². The molecule has 0 bridgehead atoms. The Kier molecular flexibility index (Phi) is 5.01. The lowest BCUT2D eigenvalue weighted by molar-refractivity contribution is 0.0764. The number of amides is 1. The SMILES string of the molecule is CCNc1cc(C)ccc1C(=O)N1CCCN(C)CC1. The summed E-state index contributed by atoms with van der Waals surface area (Å²) in [6.07, 6.45) is 1.05. The van der Waals surface area contributed by atoms with Crippen molar-refractivity contribution in [1.29, 1.82) is 0 Å². The molecule has 0 atom stereocenters. The van der Waals surface area contributed by atoms with Crippen molar-refractivity contribution in [2.45, 2.75) is 20.3 Å². The fraction of sp³-hybridized carbons (Fsp3) is 0.562. The number of rotatable bonds is 3. The van der Waals surface area contributed by atoms with Crippen LogP contribution in [0.3, 0.4) is 0 Å². The summed E-state index contributed by atoms with van der Waals surface area (Å²) < 4.78 is 0. The van der Waals surface area contributed by atoms with Crippen LogP contribution in [-0.4, -0.2) is 55.5 Å². The van der Waals surface area contributed by atoms with E-state index in [2.05, 4.69) is 37.2 Å². The lowest BCUT2D eigenvalue weighted by atomic mass is 10.1. The number of carbonyl (C=O) groups excluding carboxylic acids is 1. The predicted octanol–water partition coefficient (Wildman–Crippen LogP) is 2.20. The minimum Gasteiger partial charge on any atom is -0.385 e. The zero-order chi connectivity index (χ0) is 14.5. The number of nitrogens with one attached hydrogen (secondary N) is 1. The number of hydrogen-bond acceptors (Lipinski definition) is 3. The Morgan fingerprint density at radius 1 is 1.25 bits per heavy atom. The van der Waals surface area contributed by atoms with E-state index < -0.39 is 0 Å². The summed E-state index contributed by atoms with van der Waals surface area (Å²) in [6.45, 7) is 8.61. The number of nitrogens with zero attached hydrogens (tertiary/aromatic N) is 2. The molecule has 1 aromatic carbocycles. The molecule has 1 aliphatic heterocycles. The highest BCUT2D eigenvalue weighted by Crippen LogP contribution is 2.20. The summed E-state index contributed by atoms with van der Waals surface area (Å²) in [5.74, 6) is 0.149. The van der Waals surface area contributed by atoms with Gasteiger partial charge in [0.15, 0.2) is 0 Å². The van der Waals surface area contributed by atoms with Crippen LogP contribution in [0, 0.1) is 6.92 Å². The van der Waals surface area contributed by atoms with Crippen LogP contribution >= 0.6 is 0 Å². The van der Waals surface area contributed by atoms with Gasteiger partial charge in [-0.1, -0.05) is 6.07 Å². The lowest BCUT2D eigenvalue weighted by Crippen LogP contribution is -2.34. The Labute approximate surface area is 121 Å². The van der Waals surface area contributed by atoms with Crippen LogP contribution < -0.4 is 5.32 Å². The average Bonchev–Trinajstić information content (AvgIpc) is 2.63. The molecule has 0 radical (unpaired) electrons. The minimum atomic E-state index is 0.149. The minimum absolute atomic E-state index is 0.149. The van der Waals surface area contributed by atoms with E-state index in [4.69, 9.17) is 0 Å². The molecule has 0 spiro atoms. The second-order valence-corrected chi connectivity index (χ2v) is 5.53. The molecule has 1 amide bonds. The van der Waals surface area contributed by atoms with Crippen molar-refractivity contribution >= 4 is 11.6 Å². The van der Waals surface area contributed by atoms with Gasteiger partial charge >= 0.3 is 0 Å². The standard InChI is InChI=1S/C16H25N3O/c1-4-17-15-12-13(2)6-7-14(15)16(20)19-9-5-8-18(3)10-11-19/h6-7,12,17H,4-5,8-11H2,1-3H3. The molecule has 0 unspecified atom stereocenters. The van der Waals surface area contributed by atoms with Crippen molar-refractivity contribution in [2.75, 3.05) is 45.1 Å². The van der Waals surface area contributed by atoms with E-state index in [1.807, 2.05) is 17.0 Å². The van der Waals surface area contributed by atoms with Gasteiger partial charge in [0, 0.05) is 31.9 Å². The van der Waals surface area contributed by atoms with Gasteiger partial charge in [0.25, 0.3) is 5.91 Å². The number of aryl methyl sites for hydroxylation is 1. The molecule has 0 saturated carbocycles. The molecule has 1 heterocycles. The third-order valence-electron chi connectivity index (χ3n) is 3.78. The Balaban J connectivity index is 2.19. The van der Waals surface area contributed by atoms with Gasteiger partial charge in [-0.05, 0) is 51.6 Å². The molecule has 2 rings (SSSR count). The smallest absolute Gasteiger partial charge is 0.255 e. The fourth-order valence-corrected chi connectivity index (χ4v) is 2.60. The normalized spacial score (nSPS) is 16.9. The number of benzene rings is 1. The summed E-state index contributed by atoms with van der Waals surface area (Å²) in [4.78, 5) is 17.0. The first kappa shape index (κ1) is 14.9. The van der Waals surface area contributed by atoms with E-state index in [0.717, 1.165) is 50.4 Å². The topological polar surface area (TPSA) is 35.6 Å². The van der Waals surface area contributed by atoms with Crippen LogP contribution in [-0.2, 0) is 0 Å². The molecule has 20 heavy (non-hydrogen) atoms. The van der Waals surface area contributed by atoms with Crippen molar-refractivity contribution < 1.29 is 4.79 Å². The molecule has 1 N–H and O–H groups in total. The van der Waals surface area contributed by atoms with E-state index in [9.17, 15) is 4.79 Å². The van der Waals surface area contributed by atoms with E-state index in [-0.39, 0.29) is 5.91 Å². The first-order valence-corrected chi connectivity index (χ1v) is 7.44. The summed E-state index contributed by atoms with van der Waals surface area (Å²) in [7, 11) is 2.12. The van der Waals surface area contributed by atoms with Gasteiger partial charge in [0.2, 0.25) is 0 Å². The van der Waals surface area contributed by atoms with Gasteiger partial charge in [0.05, 0.1) is 5.56 Å². The van der Waals surface area contributed by atoms with E-state index >= 15 is 0 Å². The zero-order valence-electron chi connectivity index (χ0n) is 12.8. The molecule has 4 heteroatoms. The molecule has 4 nitrogen and oxygen atoms in total. The highest BCUT2D eigenvalue weighted by atomic mass is 16.2. The molecule has 1 fully saturated rings. The van der Waals surface area contributed by atoms with Gasteiger partial charge in [-0.15, -0.1) is 0 Å². The highest BCUT2D eigenvalue weighted by molar-refractivity contribution is 5.99. The Morgan fingerprint density at radius 3 is 2.80 bits per heavy atom. The highest BCUT2D eigenvalue weighted by Gasteiger charge is 2.21. The van der Waals surface area contributed by atoms with Crippen molar-refractivity contribution in [3.63, 3.8) is 0 Å². The van der Waals surface area contributed by atoms with Crippen LogP contribution in [0.1, 0.15) is 29.3 Å². The zero-order valence-corrected chi connectivity index (χ0v) is 12.8. The van der Waals surface area contributed by atoms with Gasteiger partial charge in [-0.25, -0.2) is 0 Å². The van der Waals surface area contributed by atoms with Crippen LogP contribution in [0.25, 0.3) is 0 Å². The maximum absolute atomic E-state index is 12.7. The predicted molar refractivity (Wildman–Crippen MR) is 83.4 cm³/mol.